The Hall–Kier alpha value is -0.990. The Balaban J connectivity index is 2.77. The first kappa shape index (κ1) is 18.1. The Morgan fingerprint density at radius 3 is 2.33 bits per heavy atom. The number of hydrogen-bond acceptors (Lipinski definition) is 3. The van der Waals surface area contributed by atoms with Crippen LogP contribution in [0.4, 0.5) is 5.69 Å². The first-order chi connectivity index (χ1) is 9.85. The van der Waals surface area contributed by atoms with E-state index in [4.69, 9.17) is 17.3 Å². The van der Waals surface area contributed by atoms with Gasteiger partial charge in [-0.3, -0.25) is 4.79 Å². The molecule has 0 fully saturated rings. The number of benzene rings is 1. The molecule has 0 saturated heterocycles. The summed E-state index contributed by atoms with van der Waals surface area (Å²) in [6, 6.07) is 2.91. The maximum absolute atomic E-state index is 11.6. The summed E-state index contributed by atoms with van der Waals surface area (Å²) in [5.41, 5.74) is 0.693. The van der Waals surface area contributed by atoms with E-state index >= 15 is 0 Å². The topological polar surface area (TPSA) is 78.4 Å². The SMILES string of the molecule is CCCCC(=O)NC(=S)Nc1c(Br)cc(C(=O)O)cc1Br. The van der Waals surface area contributed by atoms with Crippen LogP contribution in [0.1, 0.15) is 36.5 Å². The van der Waals surface area contributed by atoms with Gasteiger partial charge in [0, 0.05) is 15.4 Å². The molecule has 0 aliphatic heterocycles. The van der Waals surface area contributed by atoms with Crippen LogP contribution in [-0.2, 0) is 4.79 Å². The fraction of sp³-hybridized carbons (Fsp3) is 0.308. The predicted molar refractivity (Wildman–Crippen MR) is 92.7 cm³/mol. The van der Waals surface area contributed by atoms with Crippen LogP contribution in [0.3, 0.4) is 0 Å². The summed E-state index contributed by atoms with van der Waals surface area (Å²) in [7, 11) is 0. The van der Waals surface area contributed by atoms with Crippen molar-refractivity contribution in [3.63, 3.8) is 0 Å². The Morgan fingerprint density at radius 2 is 1.86 bits per heavy atom. The van der Waals surface area contributed by atoms with E-state index in [-0.39, 0.29) is 16.6 Å². The molecule has 1 amide bonds. The number of nitrogens with one attached hydrogen (secondary N) is 2. The summed E-state index contributed by atoms with van der Waals surface area (Å²) in [4.78, 5) is 22.5. The van der Waals surface area contributed by atoms with Crippen molar-refractivity contribution in [3.8, 4) is 0 Å². The summed E-state index contributed by atoms with van der Waals surface area (Å²) in [5.74, 6) is -1.18. The summed E-state index contributed by atoms with van der Waals surface area (Å²) >= 11 is 11.6. The van der Waals surface area contributed by atoms with E-state index in [9.17, 15) is 9.59 Å². The highest BCUT2D eigenvalue weighted by Crippen LogP contribution is 2.32. The van der Waals surface area contributed by atoms with E-state index in [1.165, 1.54) is 12.1 Å². The smallest absolute Gasteiger partial charge is 0.335 e. The third-order valence-corrected chi connectivity index (χ3v) is 3.99. The van der Waals surface area contributed by atoms with Gasteiger partial charge in [-0.1, -0.05) is 13.3 Å². The van der Waals surface area contributed by atoms with Gasteiger partial charge in [-0.15, -0.1) is 0 Å². The lowest BCUT2D eigenvalue weighted by Crippen LogP contribution is -2.34. The molecule has 0 spiro atoms. The molecular formula is C13H14Br2N2O3S. The van der Waals surface area contributed by atoms with Crippen molar-refractivity contribution in [2.24, 2.45) is 0 Å². The lowest BCUT2D eigenvalue weighted by atomic mass is 10.2. The number of anilines is 1. The average Bonchev–Trinajstić information content (AvgIpc) is 2.40. The highest BCUT2D eigenvalue weighted by molar-refractivity contribution is 9.11. The molecule has 0 aromatic heterocycles. The molecule has 0 bridgehead atoms. The van der Waals surface area contributed by atoms with Crippen molar-refractivity contribution in [1.82, 2.24) is 5.32 Å². The van der Waals surface area contributed by atoms with Gasteiger partial charge in [0.05, 0.1) is 11.3 Å². The van der Waals surface area contributed by atoms with Crippen molar-refractivity contribution in [2.45, 2.75) is 26.2 Å². The van der Waals surface area contributed by atoms with E-state index in [1.54, 1.807) is 0 Å². The van der Waals surface area contributed by atoms with Crippen LogP contribution in [-0.4, -0.2) is 22.1 Å². The number of carbonyl (C=O) groups excluding carboxylic acids is 1. The summed E-state index contributed by atoms with van der Waals surface area (Å²) in [6.07, 6.45) is 2.15. The maximum atomic E-state index is 11.6. The molecule has 0 unspecified atom stereocenters. The highest BCUT2D eigenvalue weighted by atomic mass is 79.9. The number of carbonyl (C=O) groups is 2. The standard InChI is InChI=1S/C13H14Br2N2O3S/c1-2-3-4-10(18)16-13(21)17-11-8(14)5-7(12(19)20)6-9(11)15/h5-6H,2-4H2,1H3,(H,19,20)(H2,16,17,18,21). The average molecular weight is 438 g/mol. The Kier molecular flexibility index (Phi) is 7.27. The number of unbranched alkanes of at least 4 members (excludes halogenated alkanes) is 1. The molecule has 114 valence electrons. The number of thiocarbonyl (C=S) groups is 1. The van der Waals surface area contributed by atoms with Gasteiger partial charge in [0.2, 0.25) is 5.91 Å². The van der Waals surface area contributed by atoms with E-state index in [2.05, 4.69) is 42.5 Å². The highest BCUT2D eigenvalue weighted by Gasteiger charge is 2.13. The Bertz CT molecular complexity index is 556. The number of carboxylic acid groups (broad SMARTS) is 1. The van der Waals surface area contributed by atoms with Gasteiger partial charge in [-0.05, 0) is 62.6 Å². The molecule has 0 aliphatic rings. The molecule has 5 nitrogen and oxygen atoms in total. The van der Waals surface area contributed by atoms with Gasteiger partial charge in [0.15, 0.2) is 5.11 Å². The molecule has 1 aromatic rings. The minimum absolute atomic E-state index is 0.136. The maximum Gasteiger partial charge on any atom is 0.335 e. The summed E-state index contributed by atoms with van der Waals surface area (Å²) in [6.45, 7) is 2.00. The van der Waals surface area contributed by atoms with Gasteiger partial charge in [0.1, 0.15) is 0 Å². The second-order valence-electron chi connectivity index (χ2n) is 4.23. The number of aromatic carboxylic acids is 1. The zero-order valence-corrected chi connectivity index (χ0v) is 15.2. The van der Waals surface area contributed by atoms with E-state index < -0.39 is 5.97 Å². The third kappa shape index (κ3) is 5.72. The number of halogens is 2. The summed E-state index contributed by atoms with van der Waals surface area (Å²) in [5, 5.41) is 14.6. The second kappa shape index (κ2) is 8.45. The molecule has 1 aromatic carbocycles. The van der Waals surface area contributed by atoms with Crippen molar-refractivity contribution in [1.29, 1.82) is 0 Å². The Morgan fingerprint density at radius 1 is 1.29 bits per heavy atom. The first-order valence-electron chi connectivity index (χ1n) is 6.18. The van der Waals surface area contributed by atoms with Crippen molar-refractivity contribution in [2.75, 3.05) is 5.32 Å². The van der Waals surface area contributed by atoms with Crippen LogP contribution in [0, 0.1) is 0 Å². The van der Waals surface area contributed by atoms with Crippen LogP contribution in [0.5, 0.6) is 0 Å². The molecule has 0 saturated carbocycles. The van der Waals surface area contributed by atoms with Crippen LogP contribution < -0.4 is 10.6 Å². The molecule has 0 aliphatic carbocycles. The molecule has 8 heteroatoms. The predicted octanol–water partition coefficient (Wildman–Crippen LogP) is 3.91. The molecular weight excluding hydrogens is 424 g/mol. The molecule has 0 atom stereocenters. The number of amides is 1. The second-order valence-corrected chi connectivity index (χ2v) is 6.34. The molecule has 21 heavy (non-hydrogen) atoms. The quantitative estimate of drug-likeness (QED) is 0.608. The van der Waals surface area contributed by atoms with Gasteiger partial charge >= 0.3 is 5.97 Å². The van der Waals surface area contributed by atoms with Gasteiger partial charge in [-0.2, -0.15) is 0 Å². The fourth-order valence-electron chi connectivity index (χ4n) is 1.49. The number of hydrogen-bond donors (Lipinski definition) is 3. The first-order valence-corrected chi connectivity index (χ1v) is 8.17. The minimum Gasteiger partial charge on any atom is -0.478 e. The minimum atomic E-state index is -1.03. The van der Waals surface area contributed by atoms with Gasteiger partial charge in [-0.25, -0.2) is 4.79 Å². The largest absolute Gasteiger partial charge is 0.478 e. The van der Waals surface area contributed by atoms with Crippen LogP contribution >= 0.6 is 44.1 Å². The zero-order chi connectivity index (χ0) is 16.0. The van der Waals surface area contributed by atoms with Crippen molar-refractivity contribution >= 4 is 66.8 Å². The fourth-order valence-corrected chi connectivity index (χ4v) is 3.09. The lowest BCUT2D eigenvalue weighted by molar-refractivity contribution is -0.119. The zero-order valence-electron chi connectivity index (χ0n) is 11.2. The van der Waals surface area contributed by atoms with Crippen molar-refractivity contribution < 1.29 is 14.7 Å². The van der Waals surface area contributed by atoms with E-state index in [1.807, 2.05) is 6.92 Å². The van der Waals surface area contributed by atoms with Crippen LogP contribution in [0.25, 0.3) is 0 Å². The van der Waals surface area contributed by atoms with Gasteiger partial charge < -0.3 is 15.7 Å². The third-order valence-electron chi connectivity index (χ3n) is 2.54. The van der Waals surface area contributed by atoms with E-state index in [0.29, 0.717) is 21.1 Å². The lowest BCUT2D eigenvalue weighted by Gasteiger charge is -2.13. The monoisotopic (exact) mass is 436 g/mol. The molecule has 0 radical (unpaired) electrons. The van der Waals surface area contributed by atoms with E-state index in [0.717, 1.165) is 12.8 Å². The molecule has 0 heterocycles. The van der Waals surface area contributed by atoms with Crippen LogP contribution in [0.15, 0.2) is 21.1 Å². The van der Waals surface area contributed by atoms with Crippen molar-refractivity contribution in [3.05, 3.63) is 26.6 Å². The Labute approximate surface area is 144 Å². The summed E-state index contributed by atoms with van der Waals surface area (Å²) < 4.78 is 1.05. The molecule has 3 N–H and O–H groups in total. The normalized spacial score (nSPS) is 10.0. The van der Waals surface area contributed by atoms with Gasteiger partial charge in [0.25, 0.3) is 0 Å². The molecule has 1 rings (SSSR count). The number of carboxylic acids is 1. The number of rotatable bonds is 5. The van der Waals surface area contributed by atoms with Crippen LogP contribution in [0.2, 0.25) is 0 Å².